The summed E-state index contributed by atoms with van der Waals surface area (Å²) in [5, 5.41) is 3.46. The van der Waals surface area contributed by atoms with Gasteiger partial charge in [-0.25, -0.2) is 0 Å². The maximum absolute atomic E-state index is 12.1. The van der Waals surface area contributed by atoms with Crippen molar-refractivity contribution in [2.75, 3.05) is 5.32 Å². The zero-order valence-corrected chi connectivity index (χ0v) is 13.0. The van der Waals surface area contributed by atoms with Crippen molar-refractivity contribution in [3.8, 4) is 0 Å². The molecule has 2 nitrogen and oxygen atoms in total. The summed E-state index contributed by atoms with van der Waals surface area (Å²) < 4.78 is 0. The predicted molar refractivity (Wildman–Crippen MR) is 86.6 cm³/mol. The summed E-state index contributed by atoms with van der Waals surface area (Å²) in [6.45, 7) is 3.89. The van der Waals surface area contributed by atoms with Crippen molar-refractivity contribution in [1.29, 1.82) is 0 Å². The molecule has 2 rings (SSSR count). The van der Waals surface area contributed by atoms with E-state index in [-0.39, 0.29) is 11.2 Å². The molecule has 1 atom stereocenters. The smallest absolute Gasteiger partial charge is 0.237 e. The van der Waals surface area contributed by atoms with Crippen LogP contribution in [0.2, 0.25) is 5.02 Å². The van der Waals surface area contributed by atoms with E-state index in [1.165, 1.54) is 11.8 Å². The first-order valence-electron chi connectivity index (χ1n) is 6.34. The van der Waals surface area contributed by atoms with Gasteiger partial charge in [-0.2, -0.15) is 0 Å². The van der Waals surface area contributed by atoms with Crippen LogP contribution in [-0.4, -0.2) is 11.2 Å². The number of hydrogen-bond acceptors (Lipinski definition) is 2. The second-order valence-corrected chi connectivity index (χ2v) is 6.42. The fraction of sp³-hybridized carbons (Fsp3) is 0.188. The van der Waals surface area contributed by atoms with Gasteiger partial charge in [-0.1, -0.05) is 23.7 Å². The van der Waals surface area contributed by atoms with Gasteiger partial charge in [0.1, 0.15) is 0 Å². The zero-order chi connectivity index (χ0) is 14.5. The highest BCUT2D eigenvalue weighted by Crippen LogP contribution is 2.25. The Labute approximate surface area is 128 Å². The molecule has 0 aromatic heterocycles. The first-order valence-corrected chi connectivity index (χ1v) is 7.60. The third-order valence-electron chi connectivity index (χ3n) is 2.78. The third-order valence-corrected chi connectivity index (χ3v) is 4.15. The lowest BCUT2D eigenvalue weighted by Crippen LogP contribution is -2.22. The molecule has 0 fully saturated rings. The lowest BCUT2D eigenvalue weighted by molar-refractivity contribution is -0.115. The molecule has 1 N–H and O–H groups in total. The molecule has 2 aromatic carbocycles. The summed E-state index contributed by atoms with van der Waals surface area (Å²) in [6, 6.07) is 15.3. The van der Waals surface area contributed by atoms with E-state index in [0.29, 0.717) is 5.02 Å². The van der Waals surface area contributed by atoms with E-state index in [2.05, 4.69) is 5.32 Å². The molecule has 0 bridgehead atoms. The Balaban J connectivity index is 1.96. The summed E-state index contributed by atoms with van der Waals surface area (Å²) in [5.41, 5.74) is 1.96. The van der Waals surface area contributed by atoms with Crippen molar-refractivity contribution >= 4 is 35.0 Å². The molecule has 0 aliphatic rings. The van der Waals surface area contributed by atoms with Crippen LogP contribution < -0.4 is 5.32 Å². The number of thioether (sulfide) groups is 1. The second-order valence-electron chi connectivity index (χ2n) is 4.57. The van der Waals surface area contributed by atoms with Gasteiger partial charge in [0.15, 0.2) is 0 Å². The number of anilines is 1. The maximum Gasteiger partial charge on any atom is 0.237 e. The zero-order valence-electron chi connectivity index (χ0n) is 11.4. The van der Waals surface area contributed by atoms with Crippen LogP contribution in [-0.2, 0) is 4.79 Å². The molecule has 0 spiro atoms. The fourth-order valence-electron chi connectivity index (χ4n) is 1.74. The molecule has 0 aliphatic carbocycles. The van der Waals surface area contributed by atoms with Gasteiger partial charge >= 0.3 is 0 Å². The van der Waals surface area contributed by atoms with Crippen molar-refractivity contribution < 1.29 is 4.79 Å². The molecule has 0 unspecified atom stereocenters. The fourth-order valence-corrected chi connectivity index (χ4v) is 2.73. The second kappa shape index (κ2) is 6.82. The first-order chi connectivity index (χ1) is 9.54. The van der Waals surface area contributed by atoms with Crippen LogP contribution in [0, 0.1) is 6.92 Å². The van der Waals surface area contributed by atoms with Crippen LogP contribution in [0.3, 0.4) is 0 Å². The summed E-state index contributed by atoms with van der Waals surface area (Å²) in [6.07, 6.45) is 0. The van der Waals surface area contributed by atoms with Crippen LogP contribution in [0.15, 0.2) is 53.4 Å². The molecule has 2 aromatic rings. The Bertz CT molecular complexity index is 598. The van der Waals surface area contributed by atoms with E-state index >= 15 is 0 Å². The standard InChI is InChI=1S/C16H16ClNOS/c1-11-4-3-5-14(10-11)18-16(19)12(2)20-15-8-6-13(17)7-9-15/h3-10,12H,1-2H3,(H,18,19)/t12-/m0/s1. The van der Waals surface area contributed by atoms with Gasteiger partial charge in [0.25, 0.3) is 0 Å². The van der Waals surface area contributed by atoms with Crippen molar-refractivity contribution in [2.45, 2.75) is 24.0 Å². The molecule has 4 heteroatoms. The number of rotatable bonds is 4. The number of carbonyl (C=O) groups is 1. The molecular formula is C16H16ClNOS. The molecule has 0 radical (unpaired) electrons. The predicted octanol–water partition coefficient (Wildman–Crippen LogP) is 4.77. The molecule has 1 amide bonds. The Hall–Kier alpha value is -1.45. The van der Waals surface area contributed by atoms with E-state index in [1.807, 2.05) is 62.4 Å². The Morgan fingerprint density at radius 1 is 1.20 bits per heavy atom. The van der Waals surface area contributed by atoms with Crippen molar-refractivity contribution in [1.82, 2.24) is 0 Å². The Morgan fingerprint density at radius 3 is 2.55 bits per heavy atom. The van der Waals surface area contributed by atoms with Crippen molar-refractivity contribution in [2.24, 2.45) is 0 Å². The van der Waals surface area contributed by atoms with Gasteiger partial charge in [-0.05, 0) is 55.8 Å². The number of halogens is 1. The lowest BCUT2D eigenvalue weighted by atomic mass is 10.2. The van der Waals surface area contributed by atoms with E-state index in [4.69, 9.17) is 11.6 Å². The summed E-state index contributed by atoms with van der Waals surface area (Å²) in [7, 11) is 0. The highest BCUT2D eigenvalue weighted by atomic mass is 35.5. The van der Waals surface area contributed by atoms with Crippen LogP contribution in [0.25, 0.3) is 0 Å². The quantitative estimate of drug-likeness (QED) is 0.825. The van der Waals surface area contributed by atoms with Gasteiger partial charge in [-0.15, -0.1) is 11.8 Å². The topological polar surface area (TPSA) is 29.1 Å². The number of aryl methyl sites for hydroxylation is 1. The van der Waals surface area contributed by atoms with Crippen LogP contribution in [0.1, 0.15) is 12.5 Å². The molecule has 20 heavy (non-hydrogen) atoms. The highest BCUT2D eigenvalue weighted by Gasteiger charge is 2.14. The first kappa shape index (κ1) is 14.9. The van der Waals surface area contributed by atoms with E-state index in [9.17, 15) is 4.79 Å². The van der Waals surface area contributed by atoms with Gasteiger partial charge < -0.3 is 5.32 Å². The highest BCUT2D eigenvalue weighted by molar-refractivity contribution is 8.00. The van der Waals surface area contributed by atoms with Gasteiger partial charge in [0.2, 0.25) is 5.91 Å². The minimum absolute atomic E-state index is 0.00412. The van der Waals surface area contributed by atoms with Crippen LogP contribution >= 0.6 is 23.4 Å². The average Bonchev–Trinajstić information content (AvgIpc) is 2.41. The maximum atomic E-state index is 12.1. The summed E-state index contributed by atoms with van der Waals surface area (Å²) >= 11 is 7.36. The molecule has 0 heterocycles. The van der Waals surface area contributed by atoms with Gasteiger partial charge in [0, 0.05) is 15.6 Å². The van der Waals surface area contributed by atoms with Gasteiger partial charge in [-0.3, -0.25) is 4.79 Å². The Kier molecular flexibility index (Phi) is 5.10. The number of benzene rings is 2. The number of carbonyl (C=O) groups excluding carboxylic acids is 1. The number of nitrogens with one attached hydrogen (secondary N) is 1. The van der Waals surface area contributed by atoms with Gasteiger partial charge in [0.05, 0.1) is 5.25 Å². The third kappa shape index (κ3) is 4.29. The van der Waals surface area contributed by atoms with E-state index in [0.717, 1.165) is 16.1 Å². The normalized spacial score (nSPS) is 11.9. The average molecular weight is 306 g/mol. The number of hydrogen-bond donors (Lipinski definition) is 1. The van der Waals surface area contributed by atoms with Crippen LogP contribution in [0.5, 0.6) is 0 Å². The minimum atomic E-state index is -0.170. The molecule has 0 aliphatic heterocycles. The van der Waals surface area contributed by atoms with Crippen molar-refractivity contribution in [3.05, 3.63) is 59.1 Å². The van der Waals surface area contributed by atoms with E-state index < -0.39 is 0 Å². The molecule has 0 saturated carbocycles. The van der Waals surface area contributed by atoms with Crippen molar-refractivity contribution in [3.63, 3.8) is 0 Å². The molecular weight excluding hydrogens is 290 g/mol. The monoisotopic (exact) mass is 305 g/mol. The largest absolute Gasteiger partial charge is 0.325 e. The minimum Gasteiger partial charge on any atom is -0.325 e. The summed E-state index contributed by atoms with van der Waals surface area (Å²) in [4.78, 5) is 13.2. The lowest BCUT2D eigenvalue weighted by Gasteiger charge is -2.12. The SMILES string of the molecule is Cc1cccc(NC(=O)[C@H](C)Sc2ccc(Cl)cc2)c1. The number of amides is 1. The summed E-state index contributed by atoms with van der Waals surface area (Å²) in [5.74, 6) is -0.00412. The van der Waals surface area contributed by atoms with E-state index in [1.54, 1.807) is 0 Å². The molecule has 0 saturated heterocycles. The Morgan fingerprint density at radius 2 is 1.90 bits per heavy atom. The van der Waals surface area contributed by atoms with Crippen LogP contribution in [0.4, 0.5) is 5.69 Å². The molecule has 104 valence electrons.